The third kappa shape index (κ3) is 4.28. The van der Waals surface area contributed by atoms with Crippen molar-refractivity contribution in [1.82, 2.24) is 4.98 Å². The van der Waals surface area contributed by atoms with Gasteiger partial charge in [0.1, 0.15) is 5.82 Å². The maximum Gasteiger partial charge on any atom is 0.256 e. The molecule has 0 fully saturated rings. The molecule has 110 valence electrons. The van der Waals surface area contributed by atoms with E-state index in [4.69, 9.17) is 0 Å². The normalized spacial score (nSPS) is 11.0. The summed E-state index contributed by atoms with van der Waals surface area (Å²) in [7, 11) is -3.32. The van der Waals surface area contributed by atoms with Gasteiger partial charge in [-0.25, -0.2) is 13.4 Å². The van der Waals surface area contributed by atoms with Crippen LogP contribution < -0.4 is 10.0 Å². The van der Waals surface area contributed by atoms with E-state index < -0.39 is 10.0 Å². The molecule has 1 heterocycles. The van der Waals surface area contributed by atoms with Gasteiger partial charge in [0.05, 0.1) is 6.26 Å². The number of carbonyl (C=O) groups is 1. The van der Waals surface area contributed by atoms with Crippen LogP contribution in [0.15, 0.2) is 42.6 Å². The Kier molecular flexibility index (Phi) is 4.23. The number of rotatable bonds is 4. The summed E-state index contributed by atoms with van der Waals surface area (Å²) in [6.07, 6.45) is 2.67. The van der Waals surface area contributed by atoms with Crippen LogP contribution in [-0.2, 0) is 10.0 Å². The molecule has 0 unspecified atom stereocenters. The minimum atomic E-state index is -3.32. The van der Waals surface area contributed by atoms with E-state index in [-0.39, 0.29) is 5.91 Å². The van der Waals surface area contributed by atoms with Crippen molar-refractivity contribution in [2.75, 3.05) is 16.3 Å². The quantitative estimate of drug-likeness (QED) is 0.904. The number of anilines is 2. The van der Waals surface area contributed by atoms with Crippen LogP contribution in [-0.4, -0.2) is 25.6 Å². The van der Waals surface area contributed by atoms with Crippen LogP contribution in [0.5, 0.6) is 0 Å². The van der Waals surface area contributed by atoms with Crippen LogP contribution in [0.3, 0.4) is 0 Å². The summed E-state index contributed by atoms with van der Waals surface area (Å²) in [4.78, 5) is 16.2. The van der Waals surface area contributed by atoms with Crippen molar-refractivity contribution >= 4 is 27.4 Å². The zero-order valence-corrected chi connectivity index (χ0v) is 12.4. The molecular formula is C14H15N3O3S. The zero-order valence-electron chi connectivity index (χ0n) is 11.6. The van der Waals surface area contributed by atoms with E-state index in [2.05, 4.69) is 15.0 Å². The van der Waals surface area contributed by atoms with Gasteiger partial charge in [0.15, 0.2) is 0 Å². The Labute approximate surface area is 123 Å². The van der Waals surface area contributed by atoms with Crippen molar-refractivity contribution in [2.45, 2.75) is 6.92 Å². The predicted octanol–water partition coefficient (Wildman–Crippen LogP) is 2.01. The van der Waals surface area contributed by atoms with E-state index >= 15 is 0 Å². The van der Waals surface area contributed by atoms with E-state index in [1.165, 1.54) is 12.1 Å². The number of nitrogens with one attached hydrogen (secondary N) is 2. The van der Waals surface area contributed by atoms with Gasteiger partial charge in [-0.05, 0) is 42.8 Å². The molecule has 21 heavy (non-hydrogen) atoms. The fourth-order valence-corrected chi connectivity index (χ4v) is 2.26. The molecule has 7 heteroatoms. The van der Waals surface area contributed by atoms with E-state index in [9.17, 15) is 13.2 Å². The van der Waals surface area contributed by atoms with Crippen LogP contribution >= 0.6 is 0 Å². The fourth-order valence-electron chi connectivity index (χ4n) is 1.70. The Balaban J connectivity index is 2.12. The Hall–Kier alpha value is -2.41. The lowest BCUT2D eigenvalue weighted by Gasteiger charge is -2.08. The van der Waals surface area contributed by atoms with E-state index in [0.717, 1.165) is 11.8 Å². The van der Waals surface area contributed by atoms with Gasteiger partial charge in [0.2, 0.25) is 10.0 Å². The van der Waals surface area contributed by atoms with E-state index in [1.54, 1.807) is 24.4 Å². The topological polar surface area (TPSA) is 88.2 Å². The standard InChI is InChI=1S/C14H15N3O3S/c1-10-4-3-9-15-13(10)16-14(18)11-5-7-12(8-6-11)17-21(2,19)20/h3-9,17H,1-2H3,(H,15,16,18). The molecule has 2 rings (SSSR count). The maximum absolute atomic E-state index is 12.1. The molecule has 1 aromatic heterocycles. The van der Waals surface area contributed by atoms with Gasteiger partial charge in [0, 0.05) is 17.4 Å². The highest BCUT2D eigenvalue weighted by molar-refractivity contribution is 7.92. The highest BCUT2D eigenvalue weighted by Gasteiger charge is 2.09. The lowest BCUT2D eigenvalue weighted by molar-refractivity contribution is 0.102. The minimum Gasteiger partial charge on any atom is -0.306 e. The molecule has 0 bridgehead atoms. The number of carbonyl (C=O) groups excluding carboxylic acids is 1. The number of aryl methyl sites for hydroxylation is 1. The third-order valence-electron chi connectivity index (χ3n) is 2.69. The van der Waals surface area contributed by atoms with Gasteiger partial charge in [-0.1, -0.05) is 6.07 Å². The highest BCUT2D eigenvalue weighted by atomic mass is 32.2. The second-order valence-corrected chi connectivity index (χ2v) is 6.32. The number of aromatic nitrogens is 1. The summed E-state index contributed by atoms with van der Waals surface area (Å²) in [5.74, 6) is 0.198. The molecule has 0 saturated heterocycles. The lowest BCUT2D eigenvalue weighted by atomic mass is 10.2. The molecule has 2 aromatic rings. The summed E-state index contributed by atoms with van der Waals surface area (Å²) >= 11 is 0. The number of sulfonamides is 1. The molecular weight excluding hydrogens is 290 g/mol. The van der Waals surface area contributed by atoms with Crippen LogP contribution in [0.1, 0.15) is 15.9 Å². The van der Waals surface area contributed by atoms with Crippen molar-refractivity contribution in [1.29, 1.82) is 0 Å². The molecule has 1 aromatic carbocycles. The summed E-state index contributed by atoms with van der Waals surface area (Å²) in [5.41, 5.74) is 1.68. The van der Waals surface area contributed by atoms with Gasteiger partial charge in [0.25, 0.3) is 5.91 Å². The van der Waals surface area contributed by atoms with E-state index in [1.807, 2.05) is 13.0 Å². The SMILES string of the molecule is Cc1cccnc1NC(=O)c1ccc(NS(C)(=O)=O)cc1. The zero-order chi connectivity index (χ0) is 15.5. The monoisotopic (exact) mass is 305 g/mol. The van der Waals surface area contributed by atoms with Gasteiger partial charge in [-0.2, -0.15) is 0 Å². The highest BCUT2D eigenvalue weighted by Crippen LogP contribution is 2.14. The Bertz CT molecular complexity index is 755. The number of hydrogen-bond acceptors (Lipinski definition) is 4. The van der Waals surface area contributed by atoms with Crippen LogP contribution in [0.25, 0.3) is 0 Å². The minimum absolute atomic E-state index is 0.303. The number of amides is 1. The molecule has 0 aliphatic carbocycles. The van der Waals surface area contributed by atoms with Gasteiger partial charge < -0.3 is 5.32 Å². The first-order valence-corrected chi connectivity index (χ1v) is 8.05. The number of pyridine rings is 1. The molecule has 0 saturated carbocycles. The largest absolute Gasteiger partial charge is 0.306 e. The molecule has 0 spiro atoms. The fraction of sp³-hybridized carbons (Fsp3) is 0.143. The van der Waals surface area contributed by atoms with Crippen molar-refractivity contribution in [2.24, 2.45) is 0 Å². The third-order valence-corrected chi connectivity index (χ3v) is 3.30. The first kappa shape index (κ1) is 15.0. The Morgan fingerprint density at radius 1 is 1.14 bits per heavy atom. The van der Waals surface area contributed by atoms with Crippen molar-refractivity contribution in [3.63, 3.8) is 0 Å². The van der Waals surface area contributed by atoms with Crippen LogP contribution in [0.4, 0.5) is 11.5 Å². The van der Waals surface area contributed by atoms with Gasteiger partial charge in [-0.15, -0.1) is 0 Å². The summed E-state index contributed by atoms with van der Waals surface area (Å²) in [6.45, 7) is 1.85. The summed E-state index contributed by atoms with van der Waals surface area (Å²) in [6, 6.07) is 9.78. The molecule has 6 nitrogen and oxygen atoms in total. The first-order chi connectivity index (χ1) is 9.85. The Morgan fingerprint density at radius 2 is 1.81 bits per heavy atom. The first-order valence-electron chi connectivity index (χ1n) is 6.16. The molecule has 0 aliphatic rings. The summed E-state index contributed by atoms with van der Waals surface area (Å²) in [5, 5.41) is 2.71. The van der Waals surface area contributed by atoms with E-state index in [0.29, 0.717) is 17.1 Å². The molecule has 0 aliphatic heterocycles. The van der Waals surface area contributed by atoms with Crippen molar-refractivity contribution in [3.8, 4) is 0 Å². The molecule has 2 N–H and O–H groups in total. The second kappa shape index (κ2) is 5.92. The summed E-state index contributed by atoms with van der Waals surface area (Å²) < 4.78 is 24.5. The molecule has 0 atom stereocenters. The van der Waals surface area contributed by atoms with Crippen molar-refractivity contribution < 1.29 is 13.2 Å². The number of hydrogen-bond donors (Lipinski definition) is 2. The van der Waals surface area contributed by atoms with Crippen LogP contribution in [0, 0.1) is 6.92 Å². The average Bonchev–Trinajstić information content (AvgIpc) is 2.40. The van der Waals surface area contributed by atoms with Crippen LogP contribution in [0.2, 0.25) is 0 Å². The van der Waals surface area contributed by atoms with Gasteiger partial charge in [-0.3, -0.25) is 9.52 Å². The number of benzene rings is 1. The average molecular weight is 305 g/mol. The Morgan fingerprint density at radius 3 is 2.38 bits per heavy atom. The molecule has 0 radical (unpaired) electrons. The predicted molar refractivity (Wildman–Crippen MR) is 81.8 cm³/mol. The lowest BCUT2D eigenvalue weighted by Crippen LogP contribution is -2.14. The maximum atomic E-state index is 12.1. The van der Waals surface area contributed by atoms with Gasteiger partial charge >= 0.3 is 0 Å². The second-order valence-electron chi connectivity index (χ2n) is 4.57. The van der Waals surface area contributed by atoms with Crippen molar-refractivity contribution in [3.05, 3.63) is 53.7 Å². The molecule has 1 amide bonds. The number of nitrogens with zero attached hydrogens (tertiary/aromatic N) is 1. The smallest absolute Gasteiger partial charge is 0.256 e.